The van der Waals surface area contributed by atoms with Gasteiger partial charge in [0.05, 0.1) is 20.1 Å². The molecule has 0 aliphatic carbocycles. The highest BCUT2D eigenvalue weighted by Crippen LogP contribution is 2.25. The third kappa shape index (κ3) is 4.04. The molecule has 2 heterocycles. The third-order valence-corrected chi connectivity index (χ3v) is 5.03. The van der Waals surface area contributed by atoms with Crippen LogP contribution in [0.25, 0.3) is 11.3 Å². The van der Waals surface area contributed by atoms with Gasteiger partial charge in [-0.25, -0.2) is 9.13 Å². The Hall–Kier alpha value is -2.79. The van der Waals surface area contributed by atoms with Gasteiger partial charge in [-0.15, -0.1) is 0 Å². The van der Waals surface area contributed by atoms with Gasteiger partial charge in [0.2, 0.25) is 0 Å². The number of ether oxygens (including phenoxy) is 1. The van der Waals surface area contributed by atoms with Crippen molar-refractivity contribution >= 4 is 11.6 Å². The van der Waals surface area contributed by atoms with Crippen LogP contribution in [0.15, 0.2) is 54.7 Å². The molecule has 0 saturated carbocycles. The maximum Gasteiger partial charge on any atom is 0.266 e. The van der Waals surface area contributed by atoms with Crippen LogP contribution in [-0.4, -0.2) is 17.6 Å². The standard InChI is InChI=1S/C22H23N3O2.ClH/c1-16-5-7-17(8-6-16)20-14-24(22-4-3-13-25(20)22)15-21(26)23-18-9-11-19(27-2)12-10-18;/h5-12,14H,3-4,13,15H2,1-2H3;1H. The Morgan fingerprint density at radius 3 is 2.54 bits per heavy atom. The number of aryl methyl sites for hydroxylation is 1. The van der Waals surface area contributed by atoms with Gasteiger partial charge in [-0.05, 0) is 37.6 Å². The van der Waals surface area contributed by atoms with Crippen molar-refractivity contribution in [3.8, 4) is 17.0 Å². The number of nitrogens with one attached hydrogen (secondary N) is 1. The molecule has 5 nitrogen and oxygen atoms in total. The monoisotopic (exact) mass is 397 g/mol. The smallest absolute Gasteiger partial charge is 0.266 e. The Bertz CT molecular complexity index is 963. The minimum absolute atomic E-state index is 0. The molecular weight excluding hydrogens is 374 g/mol. The molecule has 0 atom stereocenters. The molecule has 0 spiro atoms. The molecule has 1 aliphatic rings. The molecule has 3 aromatic rings. The van der Waals surface area contributed by atoms with Crippen molar-refractivity contribution in [2.75, 3.05) is 12.4 Å². The summed E-state index contributed by atoms with van der Waals surface area (Å²) in [5, 5.41) is 2.96. The fraction of sp³-hybridized carbons (Fsp3) is 0.273. The topological polar surface area (TPSA) is 47.1 Å². The van der Waals surface area contributed by atoms with Gasteiger partial charge >= 0.3 is 0 Å². The van der Waals surface area contributed by atoms with Gasteiger partial charge in [0.15, 0.2) is 12.2 Å². The zero-order chi connectivity index (χ0) is 18.8. The van der Waals surface area contributed by atoms with Crippen LogP contribution in [0.4, 0.5) is 5.69 Å². The van der Waals surface area contributed by atoms with Crippen LogP contribution in [0.1, 0.15) is 17.8 Å². The summed E-state index contributed by atoms with van der Waals surface area (Å²) in [5.74, 6) is 1.96. The SMILES string of the molecule is COc1ccc(NC(=O)C[n+]2cc(-c3ccc(C)cc3)n3c2CCC3)cc1.[Cl-]. The lowest BCUT2D eigenvalue weighted by atomic mass is 10.1. The number of carbonyl (C=O) groups is 1. The fourth-order valence-electron chi connectivity index (χ4n) is 3.63. The number of imidazole rings is 1. The Labute approximate surface area is 171 Å². The van der Waals surface area contributed by atoms with E-state index < -0.39 is 0 Å². The lowest BCUT2D eigenvalue weighted by molar-refractivity contribution is -0.690. The van der Waals surface area contributed by atoms with Crippen LogP contribution in [0.5, 0.6) is 5.75 Å². The Morgan fingerprint density at radius 1 is 1.14 bits per heavy atom. The number of aromatic nitrogens is 2. The first kappa shape index (κ1) is 20.0. The predicted molar refractivity (Wildman–Crippen MR) is 105 cm³/mol. The molecule has 6 heteroatoms. The number of halogens is 1. The first-order valence-electron chi connectivity index (χ1n) is 9.27. The Morgan fingerprint density at radius 2 is 1.86 bits per heavy atom. The number of benzene rings is 2. The minimum atomic E-state index is -0.0269. The van der Waals surface area contributed by atoms with Crippen LogP contribution in [0, 0.1) is 6.92 Å². The average Bonchev–Trinajstić information content (AvgIpc) is 3.27. The van der Waals surface area contributed by atoms with E-state index in [0.29, 0.717) is 6.54 Å². The normalized spacial score (nSPS) is 12.2. The lowest BCUT2D eigenvalue weighted by Gasteiger charge is -2.05. The zero-order valence-corrected chi connectivity index (χ0v) is 16.9. The highest BCUT2D eigenvalue weighted by atomic mass is 35.5. The maximum atomic E-state index is 12.6. The molecule has 0 fully saturated rings. The summed E-state index contributed by atoms with van der Waals surface area (Å²) in [4.78, 5) is 12.6. The number of fused-ring (bicyclic) bond motifs is 1. The quantitative estimate of drug-likeness (QED) is 0.631. The Balaban J connectivity index is 0.00000225. The molecule has 1 aromatic heterocycles. The highest BCUT2D eigenvalue weighted by molar-refractivity contribution is 5.89. The van der Waals surface area contributed by atoms with Crippen molar-refractivity contribution < 1.29 is 26.5 Å². The summed E-state index contributed by atoms with van der Waals surface area (Å²) < 4.78 is 9.58. The van der Waals surface area contributed by atoms with Crippen LogP contribution in [0.3, 0.4) is 0 Å². The number of amides is 1. The van der Waals surface area contributed by atoms with Gasteiger partial charge in [0, 0.05) is 11.3 Å². The fourth-order valence-corrected chi connectivity index (χ4v) is 3.63. The predicted octanol–water partition coefficient (Wildman–Crippen LogP) is 0.349. The second-order valence-electron chi connectivity index (χ2n) is 6.96. The summed E-state index contributed by atoms with van der Waals surface area (Å²) >= 11 is 0. The molecule has 146 valence electrons. The second kappa shape index (κ2) is 8.48. The molecule has 0 saturated heterocycles. The molecule has 0 radical (unpaired) electrons. The summed E-state index contributed by atoms with van der Waals surface area (Å²) in [6.07, 6.45) is 4.23. The minimum Gasteiger partial charge on any atom is -1.00 e. The number of carbonyl (C=O) groups excluding carboxylic acids is 1. The van der Waals surface area contributed by atoms with Crippen LogP contribution in [0.2, 0.25) is 0 Å². The van der Waals surface area contributed by atoms with Gasteiger partial charge in [0.25, 0.3) is 11.7 Å². The summed E-state index contributed by atoms with van der Waals surface area (Å²) in [6, 6.07) is 15.9. The van der Waals surface area contributed by atoms with E-state index in [9.17, 15) is 4.79 Å². The van der Waals surface area contributed by atoms with E-state index in [2.05, 4.69) is 51.8 Å². The molecule has 4 rings (SSSR count). The first-order valence-corrected chi connectivity index (χ1v) is 9.27. The third-order valence-electron chi connectivity index (χ3n) is 5.03. The van der Waals surface area contributed by atoms with Gasteiger partial charge in [-0.3, -0.25) is 4.79 Å². The molecule has 0 unspecified atom stereocenters. The van der Waals surface area contributed by atoms with Gasteiger partial charge in [-0.1, -0.05) is 29.8 Å². The maximum absolute atomic E-state index is 12.6. The van der Waals surface area contributed by atoms with Crippen LogP contribution >= 0.6 is 0 Å². The van der Waals surface area contributed by atoms with Gasteiger partial charge in [-0.2, -0.15) is 0 Å². The molecule has 28 heavy (non-hydrogen) atoms. The summed E-state index contributed by atoms with van der Waals surface area (Å²) in [7, 11) is 1.63. The summed E-state index contributed by atoms with van der Waals surface area (Å²) in [6.45, 7) is 3.41. The molecule has 1 amide bonds. The average molecular weight is 398 g/mol. The number of methoxy groups -OCH3 is 1. The molecule has 1 aliphatic heterocycles. The molecule has 0 bridgehead atoms. The number of hydrogen-bond donors (Lipinski definition) is 1. The lowest BCUT2D eigenvalue weighted by Crippen LogP contribution is -3.00. The van der Waals surface area contributed by atoms with E-state index in [4.69, 9.17) is 4.74 Å². The van der Waals surface area contributed by atoms with Crippen molar-refractivity contribution in [1.82, 2.24) is 4.57 Å². The second-order valence-corrected chi connectivity index (χ2v) is 6.96. The van der Waals surface area contributed by atoms with E-state index in [0.717, 1.165) is 30.8 Å². The number of hydrogen-bond acceptors (Lipinski definition) is 2. The Kier molecular flexibility index (Phi) is 6.05. The van der Waals surface area contributed by atoms with E-state index in [1.807, 2.05) is 24.3 Å². The van der Waals surface area contributed by atoms with E-state index in [1.165, 1.54) is 22.6 Å². The van der Waals surface area contributed by atoms with E-state index in [-0.39, 0.29) is 18.3 Å². The van der Waals surface area contributed by atoms with Crippen molar-refractivity contribution in [3.05, 3.63) is 66.1 Å². The number of rotatable bonds is 5. The van der Waals surface area contributed by atoms with Crippen molar-refractivity contribution in [3.63, 3.8) is 0 Å². The molecule has 1 N–H and O–H groups in total. The van der Waals surface area contributed by atoms with Crippen molar-refractivity contribution in [1.29, 1.82) is 0 Å². The zero-order valence-electron chi connectivity index (χ0n) is 16.1. The van der Waals surface area contributed by atoms with E-state index >= 15 is 0 Å². The van der Waals surface area contributed by atoms with Crippen LogP contribution in [-0.2, 0) is 24.3 Å². The molecule has 2 aromatic carbocycles. The largest absolute Gasteiger partial charge is 1.00 e. The highest BCUT2D eigenvalue weighted by Gasteiger charge is 2.29. The first-order chi connectivity index (χ1) is 13.1. The number of nitrogens with zero attached hydrogens (tertiary/aromatic N) is 2. The van der Waals surface area contributed by atoms with Gasteiger partial charge in [0.1, 0.15) is 11.9 Å². The van der Waals surface area contributed by atoms with Crippen molar-refractivity contribution in [2.45, 2.75) is 32.9 Å². The van der Waals surface area contributed by atoms with Gasteiger partial charge < -0.3 is 22.5 Å². The molecular formula is C22H24ClN3O2. The van der Waals surface area contributed by atoms with Crippen molar-refractivity contribution in [2.24, 2.45) is 0 Å². The summed E-state index contributed by atoms with van der Waals surface area (Å²) in [5.41, 5.74) is 4.40. The number of anilines is 1. The van der Waals surface area contributed by atoms with Crippen LogP contribution < -0.4 is 27.0 Å². The van der Waals surface area contributed by atoms with E-state index in [1.54, 1.807) is 7.11 Å².